The number of amides is 2. The maximum Gasteiger partial charge on any atom is 0.425 e. The SMILES string of the molecule is C[C@H](c1ccccc1)N1C(=O)NC(C(F)(F)F)(C(F)(F)F)C2=C1CC(C)(C)CC2=O. The molecule has 164 valence electrons. The Morgan fingerprint density at radius 3 is 2.00 bits per heavy atom. The molecule has 1 heterocycles. The normalized spacial score (nSPS) is 22.5. The van der Waals surface area contributed by atoms with Gasteiger partial charge in [-0.15, -0.1) is 0 Å². The summed E-state index contributed by atoms with van der Waals surface area (Å²) in [4.78, 5) is 26.3. The Kier molecular flexibility index (Phi) is 4.99. The molecule has 0 bridgehead atoms. The zero-order chi connectivity index (χ0) is 22.7. The average Bonchev–Trinajstić information content (AvgIpc) is 2.58. The number of nitrogens with zero attached hydrogens (tertiary/aromatic N) is 1. The van der Waals surface area contributed by atoms with E-state index in [2.05, 4.69) is 0 Å². The number of carbonyl (C=O) groups is 2. The minimum Gasteiger partial charge on any atom is -0.312 e. The largest absolute Gasteiger partial charge is 0.425 e. The van der Waals surface area contributed by atoms with E-state index in [9.17, 15) is 35.9 Å². The summed E-state index contributed by atoms with van der Waals surface area (Å²) >= 11 is 0. The van der Waals surface area contributed by atoms with Crippen molar-refractivity contribution in [3.05, 3.63) is 47.2 Å². The molecule has 4 nitrogen and oxygen atoms in total. The predicted octanol–water partition coefficient (Wildman–Crippen LogP) is 5.28. The van der Waals surface area contributed by atoms with Crippen molar-refractivity contribution >= 4 is 11.8 Å². The molecule has 0 aromatic heterocycles. The molecule has 2 aliphatic rings. The third-order valence-electron chi connectivity index (χ3n) is 5.55. The second kappa shape index (κ2) is 6.75. The van der Waals surface area contributed by atoms with E-state index < -0.39 is 58.9 Å². The summed E-state index contributed by atoms with van der Waals surface area (Å²) in [5, 5.41) is 1.13. The lowest BCUT2D eigenvalue weighted by atomic mass is 9.68. The highest BCUT2D eigenvalue weighted by Gasteiger charge is 2.77. The van der Waals surface area contributed by atoms with Crippen LogP contribution in [0.5, 0.6) is 0 Å². The molecule has 10 heteroatoms. The Labute approximate surface area is 168 Å². The van der Waals surface area contributed by atoms with Gasteiger partial charge < -0.3 is 5.32 Å². The molecular formula is C20H20F6N2O2. The Balaban J connectivity index is 2.33. The van der Waals surface area contributed by atoms with Gasteiger partial charge in [0, 0.05) is 12.1 Å². The molecule has 0 fully saturated rings. The number of hydrogen-bond acceptors (Lipinski definition) is 2. The van der Waals surface area contributed by atoms with Gasteiger partial charge in [0.15, 0.2) is 5.78 Å². The summed E-state index contributed by atoms with van der Waals surface area (Å²) in [6, 6.07) is 5.71. The van der Waals surface area contributed by atoms with Crippen LogP contribution in [0, 0.1) is 5.41 Å². The quantitative estimate of drug-likeness (QED) is 0.644. The maximum atomic E-state index is 13.9. The molecular weight excluding hydrogens is 414 g/mol. The van der Waals surface area contributed by atoms with Crippen LogP contribution in [0.1, 0.15) is 45.2 Å². The number of nitrogens with one attached hydrogen (secondary N) is 1. The summed E-state index contributed by atoms with van der Waals surface area (Å²) in [5.41, 5.74) is -7.13. The number of hydrogen-bond donors (Lipinski definition) is 1. The van der Waals surface area contributed by atoms with Crippen LogP contribution < -0.4 is 5.32 Å². The van der Waals surface area contributed by atoms with Crippen LogP contribution in [0.25, 0.3) is 0 Å². The smallest absolute Gasteiger partial charge is 0.312 e. The molecule has 1 atom stereocenters. The molecule has 0 unspecified atom stereocenters. The third-order valence-corrected chi connectivity index (χ3v) is 5.55. The van der Waals surface area contributed by atoms with Gasteiger partial charge in [0.05, 0.1) is 11.6 Å². The van der Waals surface area contributed by atoms with Crippen LogP contribution in [0.3, 0.4) is 0 Å². The lowest BCUT2D eigenvalue weighted by molar-refractivity contribution is -0.292. The second-order valence-electron chi connectivity index (χ2n) is 8.39. The van der Waals surface area contributed by atoms with Crippen LogP contribution >= 0.6 is 0 Å². The van der Waals surface area contributed by atoms with Crippen LogP contribution in [0.2, 0.25) is 0 Å². The first kappa shape index (κ1) is 22.2. The van der Waals surface area contributed by atoms with E-state index >= 15 is 0 Å². The summed E-state index contributed by atoms with van der Waals surface area (Å²) in [5.74, 6) is -1.28. The van der Waals surface area contributed by atoms with Crippen molar-refractivity contribution in [1.29, 1.82) is 0 Å². The number of benzene rings is 1. The number of halogens is 6. The molecule has 1 aromatic rings. The van der Waals surface area contributed by atoms with Gasteiger partial charge >= 0.3 is 18.4 Å². The average molecular weight is 434 g/mol. The van der Waals surface area contributed by atoms with E-state index in [1.807, 2.05) is 0 Å². The summed E-state index contributed by atoms with van der Waals surface area (Å²) in [6.45, 7) is 4.62. The van der Waals surface area contributed by atoms with Gasteiger partial charge in [-0.2, -0.15) is 26.3 Å². The minimum absolute atomic E-state index is 0.285. The van der Waals surface area contributed by atoms with Crippen LogP contribution in [-0.2, 0) is 4.79 Å². The first-order valence-corrected chi connectivity index (χ1v) is 9.19. The topological polar surface area (TPSA) is 49.4 Å². The van der Waals surface area contributed by atoms with Crippen LogP contribution in [0.15, 0.2) is 41.6 Å². The van der Waals surface area contributed by atoms with Crippen molar-refractivity contribution in [2.24, 2.45) is 5.41 Å². The van der Waals surface area contributed by atoms with E-state index in [0.29, 0.717) is 5.56 Å². The number of alkyl halides is 6. The highest BCUT2D eigenvalue weighted by atomic mass is 19.4. The third kappa shape index (κ3) is 3.26. The van der Waals surface area contributed by atoms with E-state index in [4.69, 9.17) is 0 Å². The molecule has 3 rings (SSSR count). The Morgan fingerprint density at radius 1 is 0.967 bits per heavy atom. The number of ketones is 1. The van der Waals surface area contributed by atoms with Crippen molar-refractivity contribution in [3.8, 4) is 0 Å². The predicted molar refractivity (Wildman–Crippen MR) is 95.1 cm³/mol. The van der Waals surface area contributed by atoms with Gasteiger partial charge in [-0.05, 0) is 24.3 Å². The summed E-state index contributed by atoms with van der Waals surface area (Å²) < 4.78 is 83.5. The molecule has 1 N–H and O–H groups in total. The number of rotatable bonds is 2. The first-order valence-electron chi connectivity index (χ1n) is 9.19. The lowest BCUT2D eigenvalue weighted by Crippen LogP contribution is -2.74. The van der Waals surface area contributed by atoms with E-state index in [1.54, 1.807) is 44.2 Å². The van der Waals surface area contributed by atoms with Gasteiger partial charge in [0.1, 0.15) is 0 Å². The Bertz CT molecular complexity index is 888. The molecule has 30 heavy (non-hydrogen) atoms. The zero-order valence-corrected chi connectivity index (χ0v) is 16.4. The number of Topliss-reactive ketones (excluding diaryl/α,β-unsaturated/α-hetero) is 1. The van der Waals surface area contributed by atoms with E-state index in [1.165, 1.54) is 6.92 Å². The lowest BCUT2D eigenvalue weighted by Gasteiger charge is -2.50. The van der Waals surface area contributed by atoms with Gasteiger partial charge in [-0.25, -0.2) is 4.79 Å². The molecule has 0 saturated carbocycles. The Morgan fingerprint density at radius 2 is 1.50 bits per heavy atom. The highest BCUT2D eigenvalue weighted by molar-refractivity contribution is 6.03. The minimum atomic E-state index is -5.96. The van der Waals surface area contributed by atoms with Crippen molar-refractivity contribution in [2.45, 2.75) is 57.5 Å². The van der Waals surface area contributed by atoms with Gasteiger partial charge in [0.25, 0.3) is 5.54 Å². The number of carbonyl (C=O) groups excluding carboxylic acids is 2. The van der Waals surface area contributed by atoms with Crippen LogP contribution in [-0.4, -0.2) is 34.6 Å². The van der Waals surface area contributed by atoms with Gasteiger partial charge in [0.2, 0.25) is 0 Å². The van der Waals surface area contributed by atoms with Crippen LogP contribution in [0.4, 0.5) is 31.1 Å². The van der Waals surface area contributed by atoms with Gasteiger partial charge in [-0.1, -0.05) is 44.2 Å². The molecule has 1 aromatic carbocycles. The molecule has 1 aliphatic heterocycles. The standard InChI is InChI=1S/C20H20F6N2O2/c1-11(12-7-5-4-6-8-12)28-13-9-17(2,3)10-14(29)15(13)18(19(21,22)23,20(24,25)26)27-16(28)30/h4-8,11H,9-10H2,1-3H3,(H,27,30)/t11-/m1/s1. The second-order valence-corrected chi connectivity index (χ2v) is 8.39. The van der Waals surface area contributed by atoms with E-state index in [-0.39, 0.29) is 6.42 Å². The van der Waals surface area contributed by atoms with Crippen molar-refractivity contribution in [1.82, 2.24) is 10.2 Å². The maximum absolute atomic E-state index is 13.9. The number of allylic oxidation sites excluding steroid dienone is 1. The number of urea groups is 1. The van der Waals surface area contributed by atoms with E-state index in [0.717, 1.165) is 10.2 Å². The fourth-order valence-electron chi connectivity index (χ4n) is 4.20. The molecule has 1 aliphatic carbocycles. The summed E-state index contributed by atoms with van der Waals surface area (Å²) in [7, 11) is 0. The fourth-order valence-corrected chi connectivity index (χ4v) is 4.20. The molecule has 2 amide bonds. The van der Waals surface area contributed by atoms with Crippen molar-refractivity contribution in [3.63, 3.8) is 0 Å². The Hall–Kier alpha value is -2.52. The van der Waals surface area contributed by atoms with Gasteiger partial charge in [-0.3, -0.25) is 9.69 Å². The first-order chi connectivity index (χ1) is 13.6. The summed E-state index contributed by atoms with van der Waals surface area (Å²) in [6.07, 6.45) is -12.7. The van der Waals surface area contributed by atoms with Crippen molar-refractivity contribution < 1.29 is 35.9 Å². The zero-order valence-electron chi connectivity index (χ0n) is 16.4. The van der Waals surface area contributed by atoms with Crippen molar-refractivity contribution in [2.75, 3.05) is 0 Å². The molecule has 0 spiro atoms. The highest BCUT2D eigenvalue weighted by Crippen LogP contribution is 2.55. The fraction of sp³-hybridized carbons (Fsp3) is 0.500. The molecule has 0 saturated heterocycles. The molecule has 0 radical (unpaired) electrons. The monoisotopic (exact) mass is 434 g/mol.